The van der Waals surface area contributed by atoms with Gasteiger partial charge in [-0.2, -0.15) is 0 Å². The maximum atomic E-state index is 13.4. The van der Waals surface area contributed by atoms with Gasteiger partial charge in [0.1, 0.15) is 5.82 Å². The first kappa shape index (κ1) is 15.4. The normalized spacial score (nSPS) is 18.4. The number of nitrogens with one attached hydrogen (secondary N) is 1. The van der Waals surface area contributed by atoms with E-state index in [0.717, 1.165) is 25.7 Å². The van der Waals surface area contributed by atoms with Gasteiger partial charge in [0.25, 0.3) is 5.91 Å². The zero-order chi connectivity index (χ0) is 14.6. The third-order valence-corrected chi connectivity index (χ3v) is 4.61. The van der Waals surface area contributed by atoms with Gasteiger partial charge in [-0.25, -0.2) is 4.39 Å². The van der Waals surface area contributed by atoms with Gasteiger partial charge in [0.05, 0.1) is 15.6 Å². The van der Waals surface area contributed by atoms with Crippen molar-refractivity contribution in [3.05, 3.63) is 34.1 Å². The monoisotopic (exact) mass is 343 g/mol. The summed E-state index contributed by atoms with van der Waals surface area (Å²) in [6, 6.07) is 4.34. The zero-order valence-electron chi connectivity index (χ0n) is 11.3. The Hall–Kier alpha value is -0.940. The average Bonchev–Trinajstić information content (AvgIpc) is 2.65. The molecule has 0 saturated heterocycles. The van der Waals surface area contributed by atoms with Crippen LogP contribution in [0.25, 0.3) is 0 Å². The second kappa shape index (κ2) is 6.68. The highest BCUT2D eigenvalue weighted by molar-refractivity contribution is 9.10. The summed E-state index contributed by atoms with van der Waals surface area (Å²) in [5.41, 5.74) is -0.575. The molecular formula is C15H19BrFNO2. The summed E-state index contributed by atoms with van der Waals surface area (Å²) in [4.78, 5) is 12.1. The van der Waals surface area contributed by atoms with Crippen LogP contribution >= 0.6 is 15.9 Å². The Morgan fingerprint density at radius 3 is 2.60 bits per heavy atom. The van der Waals surface area contributed by atoms with Crippen molar-refractivity contribution in [1.29, 1.82) is 0 Å². The fourth-order valence-corrected chi connectivity index (χ4v) is 3.03. The standard InChI is InChI=1S/C15H19BrFNO2/c16-13-11(6-5-7-12(13)17)14(19)18-10-15(20)8-3-1-2-4-9-15/h5-7,20H,1-4,8-10H2,(H,18,19). The Balaban J connectivity index is 1.99. The highest BCUT2D eigenvalue weighted by Gasteiger charge is 2.28. The van der Waals surface area contributed by atoms with E-state index in [2.05, 4.69) is 21.2 Å². The molecule has 3 nitrogen and oxygen atoms in total. The zero-order valence-corrected chi connectivity index (χ0v) is 12.9. The molecule has 0 unspecified atom stereocenters. The van der Waals surface area contributed by atoms with E-state index in [9.17, 15) is 14.3 Å². The molecule has 110 valence electrons. The number of carbonyl (C=O) groups excluding carboxylic acids is 1. The lowest BCUT2D eigenvalue weighted by molar-refractivity contribution is 0.0246. The Morgan fingerprint density at radius 2 is 1.95 bits per heavy atom. The van der Waals surface area contributed by atoms with Crippen LogP contribution < -0.4 is 5.32 Å². The van der Waals surface area contributed by atoms with E-state index in [-0.39, 0.29) is 22.5 Å². The van der Waals surface area contributed by atoms with Crippen molar-refractivity contribution in [3.8, 4) is 0 Å². The lowest BCUT2D eigenvalue weighted by Crippen LogP contribution is -2.42. The summed E-state index contributed by atoms with van der Waals surface area (Å²) < 4.78 is 13.5. The molecule has 0 radical (unpaired) electrons. The molecule has 0 bridgehead atoms. The highest BCUT2D eigenvalue weighted by Crippen LogP contribution is 2.26. The van der Waals surface area contributed by atoms with Crippen LogP contribution in [0.2, 0.25) is 0 Å². The summed E-state index contributed by atoms with van der Waals surface area (Å²) in [6.07, 6.45) is 5.64. The lowest BCUT2D eigenvalue weighted by Gasteiger charge is -2.26. The second-order valence-electron chi connectivity index (χ2n) is 5.42. The molecule has 1 aliphatic carbocycles. The van der Waals surface area contributed by atoms with E-state index in [1.807, 2.05) is 0 Å². The number of halogens is 2. The SMILES string of the molecule is O=C(NCC1(O)CCCCCC1)c1cccc(F)c1Br. The van der Waals surface area contributed by atoms with Gasteiger partial charge in [0.2, 0.25) is 0 Å². The second-order valence-corrected chi connectivity index (χ2v) is 6.22. The minimum atomic E-state index is -0.827. The molecule has 20 heavy (non-hydrogen) atoms. The molecular weight excluding hydrogens is 325 g/mol. The Kier molecular flexibility index (Phi) is 5.16. The van der Waals surface area contributed by atoms with Gasteiger partial charge in [0, 0.05) is 6.54 Å². The topological polar surface area (TPSA) is 49.3 Å². The fraction of sp³-hybridized carbons (Fsp3) is 0.533. The fourth-order valence-electron chi connectivity index (χ4n) is 2.58. The van der Waals surface area contributed by atoms with Crippen molar-refractivity contribution in [2.45, 2.75) is 44.1 Å². The van der Waals surface area contributed by atoms with Crippen LogP contribution in [-0.4, -0.2) is 23.2 Å². The molecule has 5 heteroatoms. The van der Waals surface area contributed by atoms with Crippen molar-refractivity contribution < 1.29 is 14.3 Å². The van der Waals surface area contributed by atoms with E-state index < -0.39 is 11.4 Å². The number of hydrogen-bond acceptors (Lipinski definition) is 2. The van der Waals surface area contributed by atoms with Crippen molar-refractivity contribution in [1.82, 2.24) is 5.32 Å². The summed E-state index contributed by atoms with van der Waals surface area (Å²) in [5.74, 6) is -0.833. The molecule has 1 amide bonds. The van der Waals surface area contributed by atoms with Gasteiger partial charge >= 0.3 is 0 Å². The van der Waals surface area contributed by atoms with E-state index >= 15 is 0 Å². The first-order valence-corrected chi connectivity index (χ1v) is 7.76. The van der Waals surface area contributed by atoms with Gasteiger partial charge in [-0.05, 0) is 40.9 Å². The van der Waals surface area contributed by atoms with Crippen molar-refractivity contribution >= 4 is 21.8 Å². The number of carbonyl (C=O) groups is 1. The molecule has 0 spiro atoms. The summed E-state index contributed by atoms with van der Waals surface area (Å²) in [7, 11) is 0. The molecule has 2 N–H and O–H groups in total. The summed E-state index contributed by atoms with van der Waals surface area (Å²) in [6.45, 7) is 0.217. The molecule has 0 aromatic heterocycles. The largest absolute Gasteiger partial charge is 0.388 e. The first-order chi connectivity index (χ1) is 9.52. The van der Waals surface area contributed by atoms with Crippen molar-refractivity contribution in [2.24, 2.45) is 0 Å². The smallest absolute Gasteiger partial charge is 0.252 e. The Bertz CT molecular complexity index is 485. The van der Waals surface area contributed by atoms with Gasteiger partial charge in [-0.3, -0.25) is 4.79 Å². The molecule has 1 saturated carbocycles. The van der Waals surface area contributed by atoms with Crippen molar-refractivity contribution in [3.63, 3.8) is 0 Å². The van der Waals surface area contributed by atoms with Gasteiger partial charge in [-0.15, -0.1) is 0 Å². The van der Waals surface area contributed by atoms with Crippen LogP contribution in [0.1, 0.15) is 48.9 Å². The molecule has 1 fully saturated rings. The third kappa shape index (κ3) is 3.79. The van der Waals surface area contributed by atoms with Crippen molar-refractivity contribution in [2.75, 3.05) is 6.54 Å². The molecule has 0 atom stereocenters. The van der Waals surface area contributed by atoms with Crippen LogP contribution in [-0.2, 0) is 0 Å². The predicted molar refractivity (Wildman–Crippen MR) is 79.1 cm³/mol. The average molecular weight is 344 g/mol. The van der Waals surface area contributed by atoms with Crippen LogP contribution in [0.4, 0.5) is 4.39 Å². The maximum Gasteiger partial charge on any atom is 0.252 e. The molecule has 1 aromatic carbocycles. The summed E-state index contributed by atoms with van der Waals surface area (Å²) in [5, 5.41) is 13.2. The maximum absolute atomic E-state index is 13.4. The van der Waals surface area contributed by atoms with E-state index in [1.165, 1.54) is 12.1 Å². The quantitative estimate of drug-likeness (QED) is 0.826. The first-order valence-electron chi connectivity index (χ1n) is 6.96. The number of rotatable bonds is 3. The molecule has 2 rings (SSSR count). The number of amides is 1. The molecule has 1 aliphatic rings. The number of hydrogen-bond donors (Lipinski definition) is 2. The minimum absolute atomic E-state index is 0.158. The van der Waals surface area contributed by atoms with Crippen LogP contribution in [0, 0.1) is 5.82 Å². The van der Waals surface area contributed by atoms with Crippen LogP contribution in [0.15, 0.2) is 22.7 Å². The van der Waals surface area contributed by atoms with E-state index in [4.69, 9.17) is 0 Å². The van der Waals surface area contributed by atoms with E-state index in [1.54, 1.807) is 6.07 Å². The minimum Gasteiger partial charge on any atom is -0.388 e. The Morgan fingerprint density at radius 1 is 1.30 bits per heavy atom. The lowest BCUT2D eigenvalue weighted by atomic mass is 9.94. The molecule has 0 heterocycles. The van der Waals surface area contributed by atoms with Crippen LogP contribution in [0.3, 0.4) is 0 Å². The van der Waals surface area contributed by atoms with Crippen LogP contribution in [0.5, 0.6) is 0 Å². The Labute approximate surface area is 126 Å². The molecule has 0 aliphatic heterocycles. The molecule has 1 aromatic rings. The van der Waals surface area contributed by atoms with Gasteiger partial charge in [-0.1, -0.05) is 31.7 Å². The predicted octanol–water partition coefficient (Wildman–Crippen LogP) is 3.40. The summed E-state index contributed by atoms with van der Waals surface area (Å²) >= 11 is 3.07. The van der Waals surface area contributed by atoms with Gasteiger partial charge < -0.3 is 10.4 Å². The highest BCUT2D eigenvalue weighted by atomic mass is 79.9. The number of aliphatic hydroxyl groups is 1. The third-order valence-electron chi connectivity index (χ3n) is 3.81. The number of benzene rings is 1. The van der Waals surface area contributed by atoms with E-state index in [0.29, 0.717) is 12.8 Å². The van der Waals surface area contributed by atoms with Gasteiger partial charge in [0.15, 0.2) is 0 Å².